The molecule has 0 bridgehead atoms. The highest BCUT2D eigenvalue weighted by molar-refractivity contribution is 5.91. The normalized spacial score (nSPS) is 10.6. The molecule has 0 atom stereocenters. The van der Waals surface area contributed by atoms with Crippen LogP contribution < -0.4 is 15.4 Å². The van der Waals surface area contributed by atoms with E-state index >= 15 is 0 Å². The Kier molecular flexibility index (Phi) is 6.27. The summed E-state index contributed by atoms with van der Waals surface area (Å²) in [6.07, 6.45) is 1.63. The van der Waals surface area contributed by atoms with E-state index in [1.54, 1.807) is 6.20 Å². The van der Waals surface area contributed by atoms with E-state index in [1.165, 1.54) is 5.56 Å². The van der Waals surface area contributed by atoms with Crippen LogP contribution in [-0.4, -0.2) is 17.5 Å². The number of aryl methyl sites for hydroxylation is 1. The van der Waals surface area contributed by atoms with Crippen LogP contribution in [0.25, 0.3) is 0 Å². The second-order valence-corrected chi connectivity index (χ2v) is 6.95. The van der Waals surface area contributed by atoms with Crippen molar-refractivity contribution in [3.63, 3.8) is 0 Å². The first-order valence-electron chi connectivity index (χ1n) is 9.32. The number of hydrogen-bond donors (Lipinski definition) is 2. The van der Waals surface area contributed by atoms with Crippen LogP contribution in [0.1, 0.15) is 30.9 Å². The summed E-state index contributed by atoms with van der Waals surface area (Å²) in [5.41, 5.74) is 4.04. The van der Waals surface area contributed by atoms with Gasteiger partial charge in [-0.25, -0.2) is 4.98 Å². The van der Waals surface area contributed by atoms with E-state index in [-0.39, 0.29) is 12.5 Å². The number of rotatable bonds is 7. The summed E-state index contributed by atoms with van der Waals surface area (Å²) in [5.74, 6) is 1.58. The van der Waals surface area contributed by atoms with Gasteiger partial charge in [-0.1, -0.05) is 49.7 Å². The Hall–Kier alpha value is -3.34. The molecule has 0 aliphatic carbocycles. The van der Waals surface area contributed by atoms with E-state index in [2.05, 4.69) is 35.5 Å². The molecule has 0 radical (unpaired) electrons. The molecule has 3 rings (SSSR count). The minimum absolute atomic E-state index is 0.0508. The number of hydrogen-bond acceptors (Lipinski definition) is 4. The summed E-state index contributed by atoms with van der Waals surface area (Å²) in [5, 5.41) is 6.13. The van der Waals surface area contributed by atoms with Crippen LogP contribution >= 0.6 is 0 Å². The second-order valence-electron chi connectivity index (χ2n) is 6.95. The number of carbonyl (C=O) groups is 1. The first kappa shape index (κ1) is 19.4. The van der Waals surface area contributed by atoms with Crippen LogP contribution in [-0.2, 0) is 4.79 Å². The van der Waals surface area contributed by atoms with Gasteiger partial charge in [-0.15, -0.1) is 0 Å². The first-order valence-corrected chi connectivity index (χ1v) is 9.32. The van der Waals surface area contributed by atoms with Crippen molar-refractivity contribution in [3.8, 4) is 5.75 Å². The Morgan fingerprint density at radius 1 is 1.04 bits per heavy atom. The molecule has 3 aromatic rings. The number of para-hydroxylation sites is 1. The molecule has 2 aromatic carbocycles. The minimum atomic E-state index is -0.228. The predicted molar refractivity (Wildman–Crippen MR) is 113 cm³/mol. The summed E-state index contributed by atoms with van der Waals surface area (Å²) in [6.45, 7) is 6.27. The Labute approximate surface area is 165 Å². The Bertz CT molecular complexity index is 919. The Morgan fingerprint density at radius 3 is 2.46 bits per heavy atom. The predicted octanol–water partition coefficient (Wildman–Crippen LogP) is 5.27. The highest BCUT2D eigenvalue weighted by Crippen LogP contribution is 2.26. The molecule has 2 N–H and O–H groups in total. The van der Waals surface area contributed by atoms with Gasteiger partial charge < -0.3 is 15.4 Å². The van der Waals surface area contributed by atoms with Crippen LogP contribution in [0.3, 0.4) is 0 Å². The van der Waals surface area contributed by atoms with Crippen molar-refractivity contribution in [2.75, 3.05) is 17.2 Å². The van der Waals surface area contributed by atoms with Gasteiger partial charge in [-0.05, 0) is 48.7 Å². The van der Waals surface area contributed by atoms with Crippen molar-refractivity contribution in [1.82, 2.24) is 4.98 Å². The Morgan fingerprint density at radius 2 is 1.79 bits per heavy atom. The van der Waals surface area contributed by atoms with Gasteiger partial charge in [0, 0.05) is 5.69 Å². The molecule has 5 nitrogen and oxygen atoms in total. The van der Waals surface area contributed by atoms with E-state index in [1.807, 2.05) is 61.5 Å². The van der Waals surface area contributed by atoms with Gasteiger partial charge in [-0.3, -0.25) is 4.79 Å². The standard InChI is InChI=1S/C23H25N3O2/c1-16(2)20-6-4-5-7-21(20)26-22-13-10-18(14-24-22)25-23(27)15-28-19-11-8-17(3)9-12-19/h4-14,16H,15H2,1-3H3,(H,24,26)(H,25,27). The lowest BCUT2D eigenvalue weighted by molar-refractivity contribution is -0.118. The summed E-state index contributed by atoms with van der Waals surface area (Å²) in [4.78, 5) is 16.5. The van der Waals surface area contributed by atoms with E-state index < -0.39 is 0 Å². The van der Waals surface area contributed by atoms with Gasteiger partial charge in [-0.2, -0.15) is 0 Å². The highest BCUT2D eigenvalue weighted by atomic mass is 16.5. The molecule has 0 aliphatic rings. The molecule has 28 heavy (non-hydrogen) atoms. The molecule has 0 spiro atoms. The smallest absolute Gasteiger partial charge is 0.262 e. The summed E-state index contributed by atoms with van der Waals surface area (Å²) in [7, 11) is 0. The number of ether oxygens (including phenoxy) is 1. The summed E-state index contributed by atoms with van der Waals surface area (Å²) in [6, 6.07) is 19.4. The maximum atomic E-state index is 12.1. The monoisotopic (exact) mass is 375 g/mol. The lowest BCUT2D eigenvalue weighted by atomic mass is 10.0. The topological polar surface area (TPSA) is 63.2 Å². The van der Waals surface area contributed by atoms with Gasteiger partial charge in [0.05, 0.1) is 11.9 Å². The van der Waals surface area contributed by atoms with Crippen molar-refractivity contribution in [2.45, 2.75) is 26.7 Å². The lowest BCUT2D eigenvalue weighted by Gasteiger charge is -2.14. The SMILES string of the molecule is Cc1ccc(OCC(=O)Nc2ccc(Nc3ccccc3C(C)C)nc2)cc1. The third-order valence-corrected chi connectivity index (χ3v) is 4.28. The third-order valence-electron chi connectivity index (χ3n) is 4.28. The number of anilines is 3. The maximum Gasteiger partial charge on any atom is 0.262 e. The van der Waals surface area contributed by atoms with Crippen molar-refractivity contribution >= 4 is 23.1 Å². The van der Waals surface area contributed by atoms with Crippen LogP contribution in [0.15, 0.2) is 66.9 Å². The number of pyridine rings is 1. The Balaban J connectivity index is 1.55. The van der Waals surface area contributed by atoms with Crippen LogP contribution in [0.5, 0.6) is 5.75 Å². The molecule has 144 valence electrons. The molecular weight excluding hydrogens is 350 g/mol. The minimum Gasteiger partial charge on any atom is -0.484 e. The average molecular weight is 375 g/mol. The fourth-order valence-electron chi connectivity index (χ4n) is 2.77. The van der Waals surface area contributed by atoms with Crippen molar-refractivity contribution in [2.24, 2.45) is 0 Å². The molecule has 0 fully saturated rings. The summed E-state index contributed by atoms with van der Waals surface area (Å²) >= 11 is 0. The van der Waals surface area contributed by atoms with E-state index in [9.17, 15) is 4.79 Å². The van der Waals surface area contributed by atoms with Gasteiger partial charge >= 0.3 is 0 Å². The fraction of sp³-hybridized carbons (Fsp3) is 0.217. The van der Waals surface area contributed by atoms with Gasteiger partial charge in [0.2, 0.25) is 0 Å². The van der Waals surface area contributed by atoms with E-state index in [0.717, 1.165) is 17.1 Å². The van der Waals surface area contributed by atoms with Gasteiger partial charge in [0.25, 0.3) is 5.91 Å². The van der Waals surface area contributed by atoms with Gasteiger partial charge in [0.15, 0.2) is 6.61 Å². The molecule has 1 heterocycles. The number of aromatic nitrogens is 1. The van der Waals surface area contributed by atoms with Crippen molar-refractivity contribution in [3.05, 3.63) is 78.0 Å². The van der Waals surface area contributed by atoms with Crippen LogP contribution in [0.4, 0.5) is 17.2 Å². The van der Waals surface area contributed by atoms with E-state index in [4.69, 9.17) is 4.74 Å². The third kappa shape index (κ3) is 5.33. The quantitative estimate of drug-likeness (QED) is 0.590. The zero-order valence-corrected chi connectivity index (χ0v) is 16.4. The van der Waals surface area contributed by atoms with Crippen molar-refractivity contribution in [1.29, 1.82) is 0 Å². The molecule has 0 aliphatic heterocycles. The van der Waals surface area contributed by atoms with Gasteiger partial charge in [0.1, 0.15) is 11.6 Å². The lowest BCUT2D eigenvalue weighted by Crippen LogP contribution is -2.20. The maximum absolute atomic E-state index is 12.1. The highest BCUT2D eigenvalue weighted by Gasteiger charge is 2.08. The number of benzene rings is 2. The van der Waals surface area contributed by atoms with E-state index in [0.29, 0.717) is 17.4 Å². The number of carbonyl (C=O) groups excluding carboxylic acids is 1. The molecule has 1 amide bonds. The molecule has 0 saturated heterocycles. The average Bonchev–Trinajstić information content (AvgIpc) is 2.69. The second kappa shape index (κ2) is 9.04. The molecule has 5 heteroatoms. The zero-order valence-electron chi connectivity index (χ0n) is 16.4. The zero-order chi connectivity index (χ0) is 19.9. The summed E-state index contributed by atoms with van der Waals surface area (Å²) < 4.78 is 5.49. The molecule has 0 saturated carbocycles. The largest absolute Gasteiger partial charge is 0.484 e. The number of nitrogens with one attached hydrogen (secondary N) is 2. The van der Waals surface area contributed by atoms with Crippen LogP contribution in [0.2, 0.25) is 0 Å². The molecular formula is C23H25N3O2. The van der Waals surface area contributed by atoms with Crippen LogP contribution in [0, 0.1) is 6.92 Å². The van der Waals surface area contributed by atoms with Crippen molar-refractivity contribution < 1.29 is 9.53 Å². The molecule has 1 aromatic heterocycles. The first-order chi connectivity index (χ1) is 13.5. The number of amides is 1. The molecule has 0 unspecified atom stereocenters. The fourth-order valence-corrected chi connectivity index (χ4v) is 2.77. The number of nitrogens with zero attached hydrogens (tertiary/aromatic N) is 1.